The fourth-order valence-corrected chi connectivity index (χ4v) is 7.58. The van der Waals surface area contributed by atoms with Gasteiger partial charge in [-0.25, -0.2) is 9.59 Å². The van der Waals surface area contributed by atoms with Crippen molar-refractivity contribution in [3.05, 3.63) is 64.7 Å². The summed E-state index contributed by atoms with van der Waals surface area (Å²) in [5, 5.41) is 6.48. The highest BCUT2D eigenvalue weighted by Gasteiger charge is 2.36. The molecule has 0 saturated carbocycles. The standard InChI is InChI=1S/C35H48N6O4/c1-25-21-26(2)23-27(22-25)24-32(33(42)39-14-8-29(9-15-39)38-19-12-36-13-20-38)45-35(44)40-16-10-30(11-17-40)41-18-7-28-5-3-4-6-31(28)37-34(41)43/h3-6,21-23,29-30,32,36H,7-20,24H2,1-2H3,(H,37,43). The first-order chi connectivity index (χ1) is 21.8. The van der Waals surface area contributed by atoms with Crippen molar-refractivity contribution < 1.29 is 19.1 Å². The van der Waals surface area contributed by atoms with Gasteiger partial charge in [-0.3, -0.25) is 9.69 Å². The van der Waals surface area contributed by atoms with E-state index in [0.29, 0.717) is 58.0 Å². The monoisotopic (exact) mass is 616 g/mol. The van der Waals surface area contributed by atoms with E-state index in [9.17, 15) is 14.4 Å². The Hall–Kier alpha value is -3.63. The fraction of sp³-hybridized carbons (Fsp3) is 0.571. The first kappa shape index (κ1) is 31.4. The van der Waals surface area contributed by atoms with Gasteiger partial charge < -0.3 is 30.1 Å². The van der Waals surface area contributed by atoms with Gasteiger partial charge in [-0.15, -0.1) is 0 Å². The number of anilines is 1. The van der Waals surface area contributed by atoms with Gasteiger partial charge in [0.25, 0.3) is 5.91 Å². The lowest BCUT2D eigenvalue weighted by Gasteiger charge is -2.41. The van der Waals surface area contributed by atoms with E-state index in [4.69, 9.17) is 4.74 Å². The molecule has 10 heteroatoms. The number of ether oxygens (including phenoxy) is 1. The molecule has 4 amide bonds. The number of nitrogens with one attached hydrogen (secondary N) is 2. The van der Waals surface area contributed by atoms with E-state index in [-0.39, 0.29) is 18.0 Å². The molecule has 0 bridgehead atoms. The van der Waals surface area contributed by atoms with Crippen molar-refractivity contribution in [3.63, 3.8) is 0 Å². The number of amides is 4. The summed E-state index contributed by atoms with van der Waals surface area (Å²) in [6.45, 7) is 11.2. The van der Waals surface area contributed by atoms with Gasteiger partial charge in [-0.05, 0) is 63.1 Å². The van der Waals surface area contributed by atoms with Crippen LogP contribution in [0, 0.1) is 13.8 Å². The summed E-state index contributed by atoms with van der Waals surface area (Å²) < 4.78 is 6.08. The topological polar surface area (TPSA) is 97.5 Å². The minimum Gasteiger partial charge on any atom is -0.436 e. The molecular formula is C35H48N6O4. The van der Waals surface area contributed by atoms with Gasteiger partial charge in [0.1, 0.15) is 0 Å². The van der Waals surface area contributed by atoms with Crippen molar-refractivity contribution in [2.24, 2.45) is 0 Å². The van der Waals surface area contributed by atoms with Crippen molar-refractivity contribution >= 4 is 23.7 Å². The number of para-hydroxylation sites is 1. The molecule has 4 aliphatic heterocycles. The highest BCUT2D eigenvalue weighted by Crippen LogP contribution is 2.26. The number of aryl methyl sites for hydroxylation is 2. The maximum absolute atomic E-state index is 13.9. The Kier molecular flexibility index (Phi) is 9.90. The summed E-state index contributed by atoms with van der Waals surface area (Å²) in [5.74, 6) is -0.100. The van der Waals surface area contributed by atoms with Crippen LogP contribution in [0.25, 0.3) is 0 Å². The van der Waals surface area contributed by atoms with E-state index in [1.807, 2.05) is 41.8 Å². The second-order valence-corrected chi connectivity index (χ2v) is 13.2. The normalized spacial score (nSPS) is 21.1. The summed E-state index contributed by atoms with van der Waals surface area (Å²) in [7, 11) is 0. The number of benzene rings is 2. The van der Waals surface area contributed by atoms with E-state index in [1.165, 1.54) is 0 Å². The number of hydrogen-bond acceptors (Lipinski definition) is 6. The number of hydrogen-bond donors (Lipinski definition) is 2. The molecule has 2 aromatic rings. The number of fused-ring (bicyclic) bond motifs is 1. The Balaban J connectivity index is 1.07. The molecular weight excluding hydrogens is 568 g/mol. The third-order valence-electron chi connectivity index (χ3n) is 9.97. The van der Waals surface area contributed by atoms with Gasteiger partial charge in [-0.1, -0.05) is 47.5 Å². The number of rotatable bonds is 6. The Bertz CT molecular complexity index is 1340. The van der Waals surface area contributed by atoms with E-state index < -0.39 is 12.2 Å². The van der Waals surface area contributed by atoms with Gasteiger partial charge in [0.05, 0.1) is 0 Å². The van der Waals surface area contributed by atoms with Gasteiger partial charge in [-0.2, -0.15) is 0 Å². The van der Waals surface area contributed by atoms with Crippen LogP contribution in [-0.4, -0.2) is 115 Å². The zero-order valence-electron chi connectivity index (χ0n) is 26.8. The van der Waals surface area contributed by atoms with E-state index >= 15 is 0 Å². The molecule has 0 aromatic heterocycles. The number of piperidine rings is 2. The number of urea groups is 1. The van der Waals surface area contributed by atoms with E-state index in [1.54, 1.807) is 4.90 Å². The molecule has 4 heterocycles. The minimum atomic E-state index is -0.873. The third-order valence-corrected chi connectivity index (χ3v) is 9.97. The van der Waals surface area contributed by atoms with Crippen molar-refractivity contribution in [2.45, 2.75) is 70.6 Å². The Labute approximate surface area is 267 Å². The van der Waals surface area contributed by atoms with Gasteiger partial charge in [0.2, 0.25) is 0 Å². The van der Waals surface area contributed by atoms with Crippen LogP contribution in [0.2, 0.25) is 0 Å². The molecule has 242 valence electrons. The molecule has 6 rings (SSSR count). The molecule has 0 radical (unpaired) electrons. The molecule has 3 saturated heterocycles. The smallest absolute Gasteiger partial charge is 0.410 e. The maximum Gasteiger partial charge on any atom is 0.410 e. The Morgan fingerprint density at radius 1 is 0.844 bits per heavy atom. The largest absolute Gasteiger partial charge is 0.436 e. The Morgan fingerprint density at radius 2 is 1.49 bits per heavy atom. The molecule has 0 spiro atoms. The fourth-order valence-electron chi connectivity index (χ4n) is 7.58. The Morgan fingerprint density at radius 3 is 2.20 bits per heavy atom. The number of nitrogens with zero attached hydrogens (tertiary/aromatic N) is 4. The predicted octanol–water partition coefficient (Wildman–Crippen LogP) is 3.80. The van der Waals surface area contributed by atoms with Crippen LogP contribution >= 0.6 is 0 Å². The number of carbonyl (C=O) groups excluding carboxylic acids is 3. The van der Waals surface area contributed by atoms with Crippen molar-refractivity contribution in [3.8, 4) is 0 Å². The van der Waals surface area contributed by atoms with Gasteiger partial charge in [0, 0.05) is 83.1 Å². The first-order valence-electron chi connectivity index (χ1n) is 16.8. The first-order valence-corrected chi connectivity index (χ1v) is 16.8. The average molecular weight is 617 g/mol. The number of likely N-dealkylation sites (tertiary alicyclic amines) is 2. The SMILES string of the molecule is Cc1cc(C)cc(CC(OC(=O)N2CCC(N3CCc4ccccc4NC3=O)CC2)C(=O)N2CCC(N3CCNCC3)CC2)c1. The average Bonchev–Trinajstić information content (AvgIpc) is 3.22. The molecule has 10 nitrogen and oxygen atoms in total. The summed E-state index contributed by atoms with van der Waals surface area (Å²) in [4.78, 5) is 48.6. The second-order valence-electron chi connectivity index (χ2n) is 13.2. The molecule has 1 atom stereocenters. The second kappa shape index (κ2) is 14.2. The quantitative estimate of drug-likeness (QED) is 0.513. The lowest BCUT2D eigenvalue weighted by atomic mass is 9.99. The molecule has 0 aliphatic carbocycles. The molecule has 45 heavy (non-hydrogen) atoms. The van der Waals surface area contributed by atoms with Gasteiger partial charge in [0.15, 0.2) is 6.10 Å². The number of carbonyl (C=O) groups is 3. The third kappa shape index (κ3) is 7.61. The summed E-state index contributed by atoms with van der Waals surface area (Å²) >= 11 is 0. The molecule has 4 aliphatic rings. The molecule has 2 aromatic carbocycles. The van der Waals surface area contributed by atoms with E-state index in [0.717, 1.165) is 73.4 Å². The highest BCUT2D eigenvalue weighted by atomic mass is 16.6. The van der Waals surface area contributed by atoms with E-state index in [2.05, 4.69) is 39.8 Å². The minimum absolute atomic E-state index is 0.0491. The zero-order valence-corrected chi connectivity index (χ0v) is 26.8. The molecule has 1 unspecified atom stereocenters. The van der Waals surface area contributed by atoms with Crippen LogP contribution in [0.3, 0.4) is 0 Å². The lowest BCUT2D eigenvalue weighted by Crippen LogP contribution is -2.54. The van der Waals surface area contributed by atoms with Crippen LogP contribution in [0.4, 0.5) is 15.3 Å². The van der Waals surface area contributed by atoms with Crippen LogP contribution in [0.1, 0.15) is 47.9 Å². The lowest BCUT2D eigenvalue weighted by molar-refractivity contribution is -0.142. The summed E-state index contributed by atoms with van der Waals surface area (Å²) in [6, 6.07) is 14.7. The van der Waals surface area contributed by atoms with Crippen molar-refractivity contribution in [1.29, 1.82) is 0 Å². The van der Waals surface area contributed by atoms with Crippen LogP contribution in [0.15, 0.2) is 42.5 Å². The molecule has 2 N–H and O–H groups in total. The zero-order chi connectivity index (χ0) is 31.3. The summed E-state index contributed by atoms with van der Waals surface area (Å²) in [5.41, 5.74) is 5.27. The predicted molar refractivity (Wildman–Crippen MR) is 174 cm³/mol. The van der Waals surface area contributed by atoms with Crippen LogP contribution < -0.4 is 10.6 Å². The number of piperazine rings is 1. The molecule has 3 fully saturated rings. The highest BCUT2D eigenvalue weighted by molar-refractivity contribution is 5.91. The van der Waals surface area contributed by atoms with Crippen molar-refractivity contribution in [1.82, 2.24) is 24.9 Å². The summed E-state index contributed by atoms with van der Waals surface area (Å²) in [6.07, 6.45) is 3.07. The van der Waals surface area contributed by atoms with Crippen LogP contribution in [0.5, 0.6) is 0 Å². The van der Waals surface area contributed by atoms with Gasteiger partial charge >= 0.3 is 12.1 Å². The van der Waals surface area contributed by atoms with Crippen molar-refractivity contribution in [2.75, 3.05) is 64.2 Å². The van der Waals surface area contributed by atoms with Crippen LogP contribution in [-0.2, 0) is 22.4 Å². The maximum atomic E-state index is 13.9.